The molecule has 140 valence electrons. The Bertz CT molecular complexity index is 431. The van der Waals surface area contributed by atoms with Crippen molar-refractivity contribution < 1.29 is 21.6 Å². The second kappa shape index (κ2) is 8.39. The van der Waals surface area contributed by atoms with Crippen molar-refractivity contribution in [2.75, 3.05) is 0 Å². The third-order valence-corrected chi connectivity index (χ3v) is 13.0. The second-order valence-electron chi connectivity index (χ2n) is 8.63. The maximum atomic E-state index is 12.5. The van der Waals surface area contributed by atoms with E-state index in [-0.39, 0.29) is 0 Å². The minimum absolute atomic E-state index is 0.319. The number of hydrogen-bond donors (Lipinski definition) is 0. The molecule has 0 radical (unpaired) electrons. The van der Waals surface area contributed by atoms with Gasteiger partial charge in [-0.2, -0.15) is 0 Å². The summed E-state index contributed by atoms with van der Waals surface area (Å²) in [7, 11) is -9.87. The predicted octanol–water partition coefficient (Wildman–Crippen LogP) is 4.65. The Morgan fingerprint density at radius 1 is 0.833 bits per heavy atom. The van der Waals surface area contributed by atoms with E-state index in [2.05, 4.69) is 13.2 Å². The molecule has 0 spiro atoms. The van der Waals surface area contributed by atoms with Gasteiger partial charge in [-0.3, -0.25) is 0 Å². The number of rotatable bonds is 10. The van der Waals surface area contributed by atoms with Crippen LogP contribution in [-0.4, -0.2) is 40.0 Å². The summed E-state index contributed by atoms with van der Waals surface area (Å²) in [5.74, 6) is -0.531. The van der Waals surface area contributed by atoms with Crippen molar-refractivity contribution in [2.24, 2.45) is 0 Å². The highest BCUT2D eigenvalue weighted by atomic mass is 28.5. The molecule has 0 fully saturated rings. The Morgan fingerprint density at radius 2 is 1.17 bits per heavy atom. The standard InChI is InChI=1S/C15H34O5Si4/c1-12-13-14(2)15(16)17-24(18-21(3,4)5,19-22(6,7)8)20-23(9,10)11/h12H,1-2,13H2,3-11H3. The highest BCUT2D eigenvalue weighted by Gasteiger charge is 2.57. The molecule has 0 bridgehead atoms. The van der Waals surface area contributed by atoms with Crippen molar-refractivity contribution in [1.82, 2.24) is 0 Å². The van der Waals surface area contributed by atoms with Gasteiger partial charge in [-0.25, -0.2) is 4.79 Å². The first-order chi connectivity index (χ1) is 10.5. The van der Waals surface area contributed by atoms with E-state index in [1.807, 2.05) is 58.9 Å². The molecule has 0 heterocycles. The van der Waals surface area contributed by atoms with Crippen LogP contribution in [0, 0.1) is 0 Å². The smallest absolute Gasteiger partial charge is 0.450 e. The lowest BCUT2D eigenvalue weighted by Gasteiger charge is -2.40. The summed E-state index contributed by atoms with van der Waals surface area (Å²) >= 11 is 0. The van der Waals surface area contributed by atoms with E-state index in [9.17, 15) is 4.79 Å². The molecular weight excluding hydrogens is 373 g/mol. The van der Waals surface area contributed by atoms with Crippen LogP contribution in [0.3, 0.4) is 0 Å². The van der Waals surface area contributed by atoms with Crippen LogP contribution in [0.2, 0.25) is 58.9 Å². The van der Waals surface area contributed by atoms with E-state index in [1.165, 1.54) is 0 Å². The maximum Gasteiger partial charge on any atom is 0.719 e. The average molecular weight is 407 g/mol. The van der Waals surface area contributed by atoms with Gasteiger partial charge in [-0.15, -0.1) is 6.58 Å². The molecule has 0 unspecified atom stereocenters. The van der Waals surface area contributed by atoms with Gasteiger partial charge < -0.3 is 16.8 Å². The second-order valence-corrected chi connectivity index (χ2v) is 25.0. The lowest BCUT2D eigenvalue weighted by molar-refractivity contribution is -0.135. The zero-order chi connectivity index (χ0) is 19.4. The molecule has 0 amide bonds. The summed E-state index contributed by atoms with van der Waals surface area (Å²) in [5.41, 5.74) is 0.319. The quantitative estimate of drug-likeness (QED) is 0.300. The Kier molecular flexibility index (Phi) is 8.28. The molecule has 0 aromatic carbocycles. The van der Waals surface area contributed by atoms with Gasteiger partial charge in [0.15, 0.2) is 25.0 Å². The molecule has 5 nitrogen and oxygen atoms in total. The van der Waals surface area contributed by atoms with Gasteiger partial charge in [0.2, 0.25) is 0 Å². The van der Waals surface area contributed by atoms with Crippen LogP contribution in [0.15, 0.2) is 24.8 Å². The first kappa shape index (κ1) is 23.7. The van der Waals surface area contributed by atoms with Crippen molar-refractivity contribution in [3.8, 4) is 0 Å². The molecule has 0 aromatic rings. The van der Waals surface area contributed by atoms with Gasteiger partial charge in [0, 0.05) is 5.57 Å². The van der Waals surface area contributed by atoms with Gasteiger partial charge in [-0.05, 0) is 65.3 Å². The highest BCUT2D eigenvalue weighted by Crippen LogP contribution is 2.27. The van der Waals surface area contributed by atoms with Gasteiger partial charge in [0.1, 0.15) is 0 Å². The largest absolute Gasteiger partial charge is 0.719 e. The highest BCUT2D eigenvalue weighted by molar-refractivity contribution is 6.88. The molecule has 0 aliphatic heterocycles. The minimum Gasteiger partial charge on any atom is -0.450 e. The van der Waals surface area contributed by atoms with Crippen LogP contribution in [0.5, 0.6) is 0 Å². The van der Waals surface area contributed by atoms with E-state index in [0.29, 0.717) is 12.0 Å². The van der Waals surface area contributed by atoms with Gasteiger partial charge in [0.05, 0.1) is 0 Å². The molecule has 0 aromatic heterocycles. The third-order valence-electron chi connectivity index (χ3n) is 2.19. The monoisotopic (exact) mass is 406 g/mol. The van der Waals surface area contributed by atoms with E-state index >= 15 is 0 Å². The molecule has 0 aliphatic carbocycles. The van der Waals surface area contributed by atoms with Crippen molar-refractivity contribution in [1.29, 1.82) is 0 Å². The van der Waals surface area contributed by atoms with Gasteiger partial charge in [0.25, 0.3) is 0 Å². The summed E-state index contributed by atoms with van der Waals surface area (Å²) in [6.45, 7) is 25.7. The Labute approximate surface area is 151 Å². The van der Waals surface area contributed by atoms with Crippen molar-refractivity contribution >= 4 is 40.0 Å². The fraction of sp³-hybridized carbons (Fsp3) is 0.667. The Hall–Kier alpha value is -0.302. The van der Waals surface area contributed by atoms with Crippen molar-refractivity contribution in [3.05, 3.63) is 24.8 Å². The van der Waals surface area contributed by atoms with Crippen LogP contribution in [0.1, 0.15) is 6.42 Å². The van der Waals surface area contributed by atoms with Gasteiger partial charge >= 0.3 is 15.0 Å². The lowest BCUT2D eigenvalue weighted by Crippen LogP contribution is -2.63. The summed E-state index contributed by atoms with van der Waals surface area (Å²) in [6, 6.07) is 0. The molecule has 9 heteroatoms. The zero-order valence-electron chi connectivity index (χ0n) is 16.7. The Morgan fingerprint density at radius 3 is 1.42 bits per heavy atom. The van der Waals surface area contributed by atoms with E-state index in [4.69, 9.17) is 16.8 Å². The zero-order valence-corrected chi connectivity index (χ0v) is 20.7. The molecule has 24 heavy (non-hydrogen) atoms. The average Bonchev–Trinajstić information content (AvgIpc) is 2.20. The van der Waals surface area contributed by atoms with Crippen LogP contribution in [-0.2, 0) is 21.6 Å². The first-order valence-corrected chi connectivity index (χ1v) is 20.0. The molecule has 0 saturated carbocycles. The van der Waals surface area contributed by atoms with E-state index < -0.39 is 40.0 Å². The van der Waals surface area contributed by atoms with Gasteiger partial charge in [-0.1, -0.05) is 12.7 Å². The first-order valence-electron chi connectivity index (χ1n) is 8.11. The number of carbonyl (C=O) groups excluding carboxylic acids is 1. The normalized spacial score (nSPS) is 13.5. The number of carbonyl (C=O) groups is 1. The molecule has 0 aliphatic rings. The summed E-state index contributed by atoms with van der Waals surface area (Å²) in [5, 5.41) is 0. The lowest BCUT2D eigenvalue weighted by atomic mass is 10.2. The summed E-state index contributed by atoms with van der Waals surface area (Å²) < 4.78 is 24.6. The Balaban J connectivity index is 5.82. The fourth-order valence-electron chi connectivity index (χ4n) is 1.69. The topological polar surface area (TPSA) is 54.0 Å². The molecule has 0 N–H and O–H groups in total. The molecule has 0 rings (SSSR count). The molecular formula is C15H34O5Si4. The van der Waals surface area contributed by atoms with Crippen LogP contribution >= 0.6 is 0 Å². The molecule has 0 saturated heterocycles. The molecule has 0 atom stereocenters. The van der Waals surface area contributed by atoms with Crippen molar-refractivity contribution in [3.63, 3.8) is 0 Å². The SMILES string of the molecule is C=CCC(=C)C(=O)O[Si](O[Si](C)(C)C)(O[Si](C)(C)C)O[Si](C)(C)C. The summed E-state index contributed by atoms with van der Waals surface area (Å²) in [6.07, 6.45) is 1.97. The van der Waals surface area contributed by atoms with E-state index in [0.717, 1.165) is 0 Å². The third kappa shape index (κ3) is 10.5. The van der Waals surface area contributed by atoms with Crippen molar-refractivity contribution in [2.45, 2.75) is 65.3 Å². The number of hydrogen-bond acceptors (Lipinski definition) is 5. The van der Waals surface area contributed by atoms with Crippen LogP contribution in [0.4, 0.5) is 0 Å². The number of allylic oxidation sites excluding steroid dienone is 1. The predicted molar refractivity (Wildman–Crippen MR) is 109 cm³/mol. The van der Waals surface area contributed by atoms with E-state index in [1.54, 1.807) is 6.08 Å². The fourth-order valence-corrected chi connectivity index (χ4v) is 13.2. The minimum atomic E-state index is -3.62. The van der Waals surface area contributed by atoms with Crippen LogP contribution in [0.25, 0.3) is 0 Å². The van der Waals surface area contributed by atoms with Crippen LogP contribution < -0.4 is 0 Å². The maximum absolute atomic E-state index is 12.5. The summed E-state index contributed by atoms with van der Waals surface area (Å²) in [4.78, 5) is 12.5.